The van der Waals surface area contributed by atoms with Crippen LogP contribution >= 0.6 is 0 Å². The molecule has 35 heavy (non-hydrogen) atoms. The Morgan fingerprint density at radius 2 is 1.74 bits per heavy atom. The highest BCUT2D eigenvalue weighted by Crippen LogP contribution is 2.44. The summed E-state index contributed by atoms with van der Waals surface area (Å²) in [5.41, 5.74) is -1.49. The second-order valence-corrected chi connectivity index (χ2v) is 7.74. The molecule has 4 rings (SSSR count). The minimum Gasteiger partial charge on any atom is -0.869 e. The average molecular weight is 493 g/mol. The third kappa shape index (κ3) is 4.05. The Labute approximate surface area is 195 Å². The number of benzene rings is 2. The number of phenols is 2. The van der Waals surface area contributed by atoms with Crippen molar-refractivity contribution in [2.75, 3.05) is 13.7 Å². The maximum absolute atomic E-state index is 13.0. The Balaban J connectivity index is 1.85. The molecule has 0 aliphatic carbocycles. The van der Waals surface area contributed by atoms with Crippen LogP contribution in [0.3, 0.4) is 0 Å². The third-order valence-corrected chi connectivity index (χ3v) is 5.57. The molecule has 1 aromatic heterocycles. The summed E-state index contributed by atoms with van der Waals surface area (Å²) < 4.78 is 21.4. The third-order valence-electron chi connectivity index (χ3n) is 5.57. The van der Waals surface area contributed by atoms with E-state index >= 15 is 0 Å². The predicted octanol–water partition coefficient (Wildman–Crippen LogP) is -1.16. The van der Waals surface area contributed by atoms with Crippen LogP contribution in [0.15, 0.2) is 33.5 Å². The van der Waals surface area contributed by atoms with Crippen LogP contribution in [0.4, 0.5) is 0 Å². The fourth-order valence-corrected chi connectivity index (χ4v) is 3.70. The molecule has 0 bridgehead atoms. The predicted molar refractivity (Wildman–Crippen MR) is 113 cm³/mol. The topological polar surface area (TPSA) is 223 Å². The van der Waals surface area contributed by atoms with Crippen molar-refractivity contribution in [3.8, 4) is 45.8 Å². The Bertz CT molecular complexity index is 1320. The number of phenolic OH excluding ortho intramolecular Hbond substituents is 2. The fourth-order valence-electron chi connectivity index (χ4n) is 3.70. The molecule has 0 spiro atoms. The van der Waals surface area contributed by atoms with E-state index in [1.54, 1.807) is 0 Å². The Morgan fingerprint density at radius 1 is 1.03 bits per heavy atom. The highest BCUT2D eigenvalue weighted by atomic mass is 16.7. The lowest BCUT2D eigenvalue weighted by Gasteiger charge is -2.39. The summed E-state index contributed by atoms with van der Waals surface area (Å²) in [6.45, 7) is -0.719. The first kappa shape index (κ1) is 24.4. The molecular weight excluding hydrogens is 472 g/mol. The van der Waals surface area contributed by atoms with Crippen LogP contribution in [0.5, 0.6) is 34.5 Å². The summed E-state index contributed by atoms with van der Waals surface area (Å²) in [6.07, 6.45) is -8.17. The lowest BCUT2D eigenvalue weighted by atomic mass is 9.99. The molecule has 188 valence electrons. The molecule has 3 aromatic rings. The second kappa shape index (κ2) is 9.13. The maximum atomic E-state index is 13.0. The number of aromatic hydroxyl groups is 3. The molecule has 7 N–H and O–H groups in total. The summed E-state index contributed by atoms with van der Waals surface area (Å²) in [7, 11) is 1.10. The van der Waals surface area contributed by atoms with Gasteiger partial charge in [-0.05, 0) is 23.9 Å². The van der Waals surface area contributed by atoms with Crippen LogP contribution in [0.25, 0.3) is 22.3 Å². The van der Waals surface area contributed by atoms with Crippen LogP contribution < -0.4 is 20.0 Å². The van der Waals surface area contributed by atoms with Gasteiger partial charge >= 0.3 is 0 Å². The van der Waals surface area contributed by atoms with Crippen molar-refractivity contribution in [2.24, 2.45) is 0 Å². The summed E-state index contributed by atoms with van der Waals surface area (Å²) in [5.74, 6) is -4.33. The van der Waals surface area contributed by atoms with E-state index in [4.69, 9.17) is 18.6 Å². The minimum atomic E-state index is -1.80. The van der Waals surface area contributed by atoms with E-state index in [1.165, 1.54) is 6.07 Å². The van der Waals surface area contributed by atoms with Gasteiger partial charge < -0.3 is 59.5 Å². The molecule has 1 saturated heterocycles. The molecule has 2 aromatic carbocycles. The van der Waals surface area contributed by atoms with Gasteiger partial charge in [0.15, 0.2) is 28.8 Å². The number of hydrogen-bond acceptors (Lipinski definition) is 13. The van der Waals surface area contributed by atoms with Gasteiger partial charge in [-0.1, -0.05) is 0 Å². The van der Waals surface area contributed by atoms with E-state index in [9.17, 15) is 45.6 Å². The van der Waals surface area contributed by atoms with Crippen LogP contribution in [0.2, 0.25) is 0 Å². The fraction of sp³-hybridized carbons (Fsp3) is 0.318. The first-order chi connectivity index (χ1) is 16.6. The normalized spacial score (nSPS) is 24.4. The molecule has 1 aliphatic rings. The highest BCUT2D eigenvalue weighted by Gasteiger charge is 2.45. The molecule has 0 saturated carbocycles. The standard InChI is InChI=1S/C22H22O13/c1-32-21-11(34-22-19(31)17(29)14(26)12(6-23)35-22)5-10-13(16(21)28)15(27)18(30)20(33-10)7-2-3-8(24)9(25)4-7/h2-5,12,14,17,19,22-26,28-31H,6H2,1H3/p-1/t12-,14-,17+,19-,22-/m1/s1. The monoisotopic (exact) mass is 493 g/mol. The Hall–Kier alpha value is -3.75. The highest BCUT2D eigenvalue weighted by molar-refractivity contribution is 5.91. The minimum absolute atomic E-state index is 0.00327. The average Bonchev–Trinajstić information content (AvgIpc) is 2.83. The van der Waals surface area contributed by atoms with Crippen molar-refractivity contribution in [3.63, 3.8) is 0 Å². The molecule has 0 radical (unpaired) electrons. The van der Waals surface area contributed by atoms with Crippen molar-refractivity contribution >= 4 is 11.0 Å². The lowest BCUT2D eigenvalue weighted by Crippen LogP contribution is -2.60. The molecule has 1 aliphatic heterocycles. The quantitative estimate of drug-likeness (QED) is 0.209. The molecule has 2 heterocycles. The van der Waals surface area contributed by atoms with Crippen molar-refractivity contribution < 1.29 is 59.5 Å². The largest absolute Gasteiger partial charge is 0.869 e. The zero-order valence-electron chi connectivity index (χ0n) is 18.0. The van der Waals surface area contributed by atoms with Crippen molar-refractivity contribution in [1.29, 1.82) is 0 Å². The van der Waals surface area contributed by atoms with E-state index in [0.717, 1.165) is 25.3 Å². The molecule has 0 unspecified atom stereocenters. The Morgan fingerprint density at radius 3 is 2.37 bits per heavy atom. The maximum Gasteiger partial charge on any atom is 0.234 e. The van der Waals surface area contributed by atoms with E-state index < -0.39 is 82.6 Å². The number of hydrogen-bond donors (Lipinski definition) is 7. The van der Waals surface area contributed by atoms with Crippen LogP contribution in [-0.2, 0) is 4.74 Å². The zero-order valence-corrected chi connectivity index (χ0v) is 18.0. The molecule has 0 amide bonds. The number of rotatable bonds is 5. The van der Waals surface area contributed by atoms with Gasteiger partial charge in [-0.3, -0.25) is 4.79 Å². The lowest BCUT2D eigenvalue weighted by molar-refractivity contribution is -0.279. The number of ether oxygens (including phenoxy) is 3. The van der Waals surface area contributed by atoms with E-state index in [2.05, 4.69) is 0 Å². The molecular formula is C22H21O13-. The number of methoxy groups -OCH3 is 1. The SMILES string of the molecule is COc1c(O[C@@H]2O[C@H](CO)[C@@H](O)[C@H](O)[C@H]2O)cc2oc(-c3ccc(O)c(O)c3)c(O)c(=O)c2c1[O-]. The molecule has 13 nitrogen and oxygen atoms in total. The van der Waals surface area contributed by atoms with E-state index in [-0.39, 0.29) is 16.9 Å². The molecule has 1 fully saturated rings. The van der Waals surface area contributed by atoms with Gasteiger partial charge in [0, 0.05) is 11.6 Å². The second-order valence-electron chi connectivity index (χ2n) is 7.74. The summed E-state index contributed by atoms with van der Waals surface area (Å²) >= 11 is 0. The Kier molecular flexibility index (Phi) is 6.36. The number of fused-ring (bicyclic) bond motifs is 1. The van der Waals surface area contributed by atoms with Gasteiger partial charge in [0.1, 0.15) is 30.0 Å². The number of aliphatic hydroxyl groups is 4. The van der Waals surface area contributed by atoms with Crippen LogP contribution in [-0.4, -0.2) is 80.2 Å². The number of aliphatic hydroxyl groups excluding tert-OH is 4. The zero-order chi connectivity index (χ0) is 25.6. The molecule has 5 atom stereocenters. The van der Waals surface area contributed by atoms with Gasteiger partial charge in [0.05, 0.1) is 19.1 Å². The van der Waals surface area contributed by atoms with Gasteiger partial charge in [0.2, 0.25) is 17.5 Å². The van der Waals surface area contributed by atoms with E-state index in [1.807, 2.05) is 0 Å². The summed E-state index contributed by atoms with van der Waals surface area (Å²) in [5, 5.41) is 81.5. The van der Waals surface area contributed by atoms with Crippen LogP contribution in [0, 0.1) is 0 Å². The van der Waals surface area contributed by atoms with Crippen molar-refractivity contribution in [1.82, 2.24) is 0 Å². The summed E-state index contributed by atoms with van der Waals surface area (Å²) in [4.78, 5) is 12.8. The van der Waals surface area contributed by atoms with Crippen LogP contribution in [0.1, 0.15) is 0 Å². The van der Waals surface area contributed by atoms with E-state index in [0.29, 0.717) is 0 Å². The van der Waals surface area contributed by atoms with Gasteiger partial charge in [-0.25, -0.2) is 0 Å². The van der Waals surface area contributed by atoms with Crippen molar-refractivity contribution in [3.05, 3.63) is 34.5 Å². The van der Waals surface area contributed by atoms with Crippen molar-refractivity contribution in [2.45, 2.75) is 30.7 Å². The van der Waals surface area contributed by atoms with Gasteiger partial charge in [-0.15, -0.1) is 0 Å². The first-order valence-corrected chi connectivity index (χ1v) is 10.2. The first-order valence-electron chi connectivity index (χ1n) is 10.2. The summed E-state index contributed by atoms with van der Waals surface area (Å²) in [6, 6.07) is 4.40. The molecule has 13 heteroatoms. The smallest absolute Gasteiger partial charge is 0.234 e. The van der Waals surface area contributed by atoms with Gasteiger partial charge in [-0.2, -0.15) is 0 Å². The van der Waals surface area contributed by atoms with Gasteiger partial charge in [0.25, 0.3) is 0 Å².